The first-order chi connectivity index (χ1) is 14.5. The highest BCUT2D eigenvalue weighted by atomic mass is 32.1. The molecule has 0 aromatic heterocycles. The van der Waals surface area contributed by atoms with Crippen LogP contribution in [0.3, 0.4) is 0 Å². The monoisotopic (exact) mass is 430 g/mol. The van der Waals surface area contributed by atoms with Crippen LogP contribution in [0.1, 0.15) is 5.56 Å². The van der Waals surface area contributed by atoms with Crippen LogP contribution in [0.25, 0.3) is 0 Å². The molecule has 2 aromatic carbocycles. The van der Waals surface area contributed by atoms with E-state index in [0.717, 1.165) is 38.5 Å². The predicted molar refractivity (Wildman–Crippen MR) is 115 cm³/mol. The molecular weight excluding hydrogens is 408 g/mol. The Hall–Kier alpha value is -3.08. The molecule has 3 rings (SSSR count). The molecule has 1 aliphatic rings. The van der Waals surface area contributed by atoms with Crippen LogP contribution >= 0.6 is 12.2 Å². The van der Waals surface area contributed by atoms with E-state index in [4.69, 9.17) is 21.7 Å². The van der Waals surface area contributed by atoms with E-state index >= 15 is 0 Å². The summed E-state index contributed by atoms with van der Waals surface area (Å²) in [5, 5.41) is 16.5. The maximum Gasteiger partial charge on any atom is 0.310 e. The van der Waals surface area contributed by atoms with Crippen molar-refractivity contribution in [3.63, 3.8) is 0 Å². The van der Waals surface area contributed by atoms with Gasteiger partial charge in [-0.3, -0.25) is 25.1 Å². The van der Waals surface area contributed by atoms with E-state index in [1.165, 1.54) is 23.8 Å². The molecule has 0 aliphatic carbocycles. The Morgan fingerprint density at radius 1 is 1.17 bits per heavy atom. The van der Waals surface area contributed by atoms with E-state index in [1.54, 1.807) is 6.07 Å². The van der Waals surface area contributed by atoms with Crippen LogP contribution in [-0.4, -0.2) is 53.8 Å². The number of carbonyl (C=O) groups is 1. The highest BCUT2D eigenvalue weighted by molar-refractivity contribution is 7.80. The maximum atomic E-state index is 12.0. The molecule has 1 aliphatic heterocycles. The minimum atomic E-state index is -0.567. The van der Waals surface area contributed by atoms with Crippen molar-refractivity contribution in [2.75, 3.05) is 38.2 Å². The summed E-state index contributed by atoms with van der Waals surface area (Å²) in [6.07, 6.45) is 0. The Morgan fingerprint density at radius 3 is 2.57 bits per heavy atom. The number of morpholine rings is 1. The van der Waals surface area contributed by atoms with E-state index in [2.05, 4.69) is 15.5 Å². The first-order valence-corrected chi connectivity index (χ1v) is 9.78. The molecule has 1 saturated heterocycles. The van der Waals surface area contributed by atoms with Gasteiger partial charge in [0.25, 0.3) is 5.91 Å². The van der Waals surface area contributed by atoms with Gasteiger partial charge in [-0.05, 0) is 36.0 Å². The summed E-state index contributed by atoms with van der Waals surface area (Å²) >= 11 is 5.15. The van der Waals surface area contributed by atoms with Gasteiger partial charge in [-0.15, -0.1) is 0 Å². The minimum absolute atomic E-state index is 0.0207. The fraction of sp³-hybridized carbons (Fsp3) is 0.300. The van der Waals surface area contributed by atoms with Gasteiger partial charge in [0.1, 0.15) is 0 Å². The number of nitrogens with one attached hydrogen (secondary N) is 2. The van der Waals surface area contributed by atoms with Gasteiger partial charge in [-0.1, -0.05) is 24.3 Å². The lowest BCUT2D eigenvalue weighted by Crippen LogP contribution is -2.37. The number of nitrogens with zero attached hydrogens (tertiary/aromatic N) is 2. The number of hydrogen-bond donors (Lipinski definition) is 2. The molecule has 0 spiro atoms. The highest BCUT2D eigenvalue weighted by Crippen LogP contribution is 2.25. The number of hydrogen-bond acceptors (Lipinski definition) is 7. The molecule has 1 heterocycles. The van der Waals surface area contributed by atoms with Gasteiger partial charge in [0.05, 0.1) is 18.1 Å². The van der Waals surface area contributed by atoms with Gasteiger partial charge in [-0.2, -0.15) is 0 Å². The molecule has 1 amide bonds. The zero-order valence-electron chi connectivity index (χ0n) is 16.2. The molecule has 0 unspecified atom stereocenters. The van der Waals surface area contributed by atoms with E-state index in [9.17, 15) is 14.9 Å². The van der Waals surface area contributed by atoms with E-state index in [1.807, 2.05) is 24.3 Å². The Bertz CT molecular complexity index is 900. The van der Waals surface area contributed by atoms with Crippen LogP contribution in [0.15, 0.2) is 48.5 Å². The number of benzene rings is 2. The smallest absolute Gasteiger partial charge is 0.310 e. The zero-order chi connectivity index (χ0) is 21.3. The van der Waals surface area contributed by atoms with Crippen molar-refractivity contribution >= 4 is 34.6 Å². The summed E-state index contributed by atoms with van der Waals surface area (Å²) in [5.41, 5.74) is 1.71. The SMILES string of the molecule is O=C(COc1ccccc1[N+](=O)[O-])NC(=S)Nc1ccc(CN2CCOCC2)cc1. The molecule has 9 nitrogen and oxygen atoms in total. The highest BCUT2D eigenvalue weighted by Gasteiger charge is 2.15. The second-order valence-electron chi connectivity index (χ2n) is 6.60. The van der Waals surface area contributed by atoms with Crippen LogP contribution in [-0.2, 0) is 16.1 Å². The van der Waals surface area contributed by atoms with Gasteiger partial charge in [-0.25, -0.2) is 0 Å². The standard InChI is InChI=1S/C20H22N4O5S/c25-19(14-29-18-4-2-1-3-17(18)24(26)27)22-20(30)21-16-7-5-15(6-8-16)13-23-9-11-28-12-10-23/h1-8H,9-14H2,(H2,21,22,25,30). The minimum Gasteiger partial charge on any atom is -0.477 e. The summed E-state index contributed by atoms with van der Waals surface area (Å²) in [4.78, 5) is 24.8. The Labute approximate surface area is 179 Å². The molecule has 158 valence electrons. The number of carbonyl (C=O) groups excluding carboxylic acids is 1. The fourth-order valence-electron chi connectivity index (χ4n) is 2.91. The lowest BCUT2D eigenvalue weighted by Gasteiger charge is -2.26. The van der Waals surface area contributed by atoms with Crippen molar-refractivity contribution in [1.29, 1.82) is 0 Å². The summed E-state index contributed by atoms with van der Waals surface area (Å²) < 4.78 is 10.6. The molecule has 0 atom stereocenters. The molecule has 2 aromatic rings. The number of amides is 1. The summed E-state index contributed by atoms with van der Waals surface area (Å²) in [5.74, 6) is -0.498. The quantitative estimate of drug-likeness (QED) is 0.392. The number of para-hydroxylation sites is 2. The Balaban J connectivity index is 1.44. The normalized spacial score (nSPS) is 14.0. The first kappa shape index (κ1) is 21.6. The number of nitro groups is 1. The molecule has 0 saturated carbocycles. The third-order valence-electron chi connectivity index (χ3n) is 4.40. The summed E-state index contributed by atoms with van der Waals surface area (Å²) in [7, 11) is 0. The second-order valence-corrected chi connectivity index (χ2v) is 7.01. The van der Waals surface area contributed by atoms with Crippen molar-refractivity contribution in [3.05, 3.63) is 64.2 Å². The first-order valence-electron chi connectivity index (χ1n) is 9.37. The Morgan fingerprint density at radius 2 is 1.87 bits per heavy atom. The van der Waals surface area contributed by atoms with Gasteiger partial charge in [0.2, 0.25) is 0 Å². The average Bonchev–Trinajstić information content (AvgIpc) is 2.74. The number of rotatable bonds is 7. The van der Waals surface area contributed by atoms with Crippen molar-refractivity contribution in [3.8, 4) is 5.75 Å². The molecule has 1 fully saturated rings. The van der Waals surface area contributed by atoms with Crippen LogP contribution in [0.2, 0.25) is 0 Å². The van der Waals surface area contributed by atoms with Gasteiger partial charge in [0.15, 0.2) is 17.5 Å². The van der Waals surface area contributed by atoms with Crippen LogP contribution in [0.5, 0.6) is 5.75 Å². The third-order valence-corrected chi connectivity index (χ3v) is 4.60. The van der Waals surface area contributed by atoms with Gasteiger partial charge >= 0.3 is 5.69 Å². The molecule has 0 radical (unpaired) electrons. The van der Waals surface area contributed by atoms with Gasteiger partial charge < -0.3 is 14.8 Å². The zero-order valence-corrected chi connectivity index (χ0v) is 17.0. The topological polar surface area (TPSA) is 106 Å². The molecule has 30 heavy (non-hydrogen) atoms. The molecule has 0 bridgehead atoms. The van der Waals surface area contributed by atoms with Crippen molar-refractivity contribution in [2.45, 2.75) is 6.54 Å². The van der Waals surface area contributed by atoms with Crippen LogP contribution in [0, 0.1) is 10.1 Å². The van der Waals surface area contributed by atoms with E-state index in [-0.39, 0.29) is 16.5 Å². The summed E-state index contributed by atoms with van der Waals surface area (Å²) in [6, 6.07) is 13.6. The molecule has 10 heteroatoms. The van der Waals surface area contributed by atoms with Gasteiger partial charge in [0, 0.05) is 31.4 Å². The maximum absolute atomic E-state index is 12.0. The lowest BCUT2D eigenvalue weighted by atomic mass is 10.2. The lowest BCUT2D eigenvalue weighted by molar-refractivity contribution is -0.385. The van der Waals surface area contributed by atoms with Crippen molar-refractivity contribution in [2.24, 2.45) is 0 Å². The van der Waals surface area contributed by atoms with Crippen molar-refractivity contribution in [1.82, 2.24) is 10.2 Å². The van der Waals surface area contributed by atoms with Crippen LogP contribution in [0.4, 0.5) is 11.4 Å². The number of ether oxygens (including phenoxy) is 2. The molecular formula is C20H22N4O5S. The average molecular weight is 430 g/mol. The number of nitro benzene ring substituents is 1. The van der Waals surface area contributed by atoms with E-state index in [0.29, 0.717) is 0 Å². The molecule has 2 N–H and O–H groups in total. The predicted octanol–water partition coefficient (Wildman–Crippen LogP) is 2.32. The van der Waals surface area contributed by atoms with Crippen LogP contribution < -0.4 is 15.4 Å². The second kappa shape index (κ2) is 10.6. The fourth-order valence-corrected chi connectivity index (χ4v) is 3.14. The number of anilines is 1. The summed E-state index contributed by atoms with van der Waals surface area (Å²) in [6.45, 7) is 3.82. The third kappa shape index (κ3) is 6.48. The number of thiocarbonyl (C=S) groups is 1. The van der Waals surface area contributed by atoms with E-state index < -0.39 is 17.4 Å². The van der Waals surface area contributed by atoms with Crippen molar-refractivity contribution < 1.29 is 19.2 Å². The Kier molecular flexibility index (Phi) is 7.66. The largest absolute Gasteiger partial charge is 0.477 e.